The zero-order chi connectivity index (χ0) is 18.6. The molecule has 0 saturated carbocycles. The summed E-state index contributed by atoms with van der Waals surface area (Å²) < 4.78 is 0. The van der Waals surface area contributed by atoms with Crippen LogP contribution in [0.3, 0.4) is 0 Å². The van der Waals surface area contributed by atoms with Crippen LogP contribution >= 0.6 is 0 Å². The molecule has 1 fully saturated rings. The van der Waals surface area contributed by atoms with E-state index >= 15 is 0 Å². The molecule has 0 radical (unpaired) electrons. The van der Waals surface area contributed by atoms with Gasteiger partial charge in [-0.05, 0) is 49.3 Å². The molecule has 1 aromatic carbocycles. The van der Waals surface area contributed by atoms with Gasteiger partial charge < -0.3 is 10.4 Å². The van der Waals surface area contributed by atoms with E-state index in [4.69, 9.17) is 0 Å². The molecule has 2 atom stereocenters. The Hall–Kier alpha value is -1.39. The smallest absolute Gasteiger partial charge is 0.238 e. The number of nitrogens with zero attached hydrogens (tertiary/aromatic N) is 1. The molecule has 1 amide bonds. The van der Waals surface area contributed by atoms with Crippen molar-refractivity contribution in [2.75, 3.05) is 18.4 Å². The molecule has 2 rings (SSSR count). The van der Waals surface area contributed by atoms with Crippen LogP contribution in [0.25, 0.3) is 0 Å². The second-order valence-electron chi connectivity index (χ2n) is 7.94. The molecule has 1 heterocycles. The van der Waals surface area contributed by atoms with E-state index in [0.29, 0.717) is 18.4 Å². The highest BCUT2D eigenvalue weighted by Crippen LogP contribution is 2.32. The predicted molar refractivity (Wildman–Crippen MR) is 104 cm³/mol. The number of likely N-dealkylation sites (tertiary alicyclic amines) is 1. The first-order valence-electron chi connectivity index (χ1n) is 9.66. The average Bonchev–Trinajstić information content (AvgIpc) is 2.54. The number of aliphatic hydroxyl groups is 1. The van der Waals surface area contributed by atoms with Gasteiger partial charge in [0.1, 0.15) is 0 Å². The van der Waals surface area contributed by atoms with E-state index in [1.165, 1.54) is 11.1 Å². The largest absolute Gasteiger partial charge is 0.392 e. The van der Waals surface area contributed by atoms with Gasteiger partial charge in [0.2, 0.25) is 5.91 Å². The highest BCUT2D eigenvalue weighted by Gasteiger charge is 2.28. The van der Waals surface area contributed by atoms with Gasteiger partial charge in [-0.25, -0.2) is 0 Å². The van der Waals surface area contributed by atoms with E-state index in [1.54, 1.807) is 0 Å². The summed E-state index contributed by atoms with van der Waals surface area (Å²) in [6.45, 7) is 11.7. The van der Waals surface area contributed by atoms with Crippen molar-refractivity contribution in [2.24, 2.45) is 0 Å². The second kappa shape index (κ2) is 8.81. The number of anilines is 1. The van der Waals surface area contributed by atoms with Crippen molar-refractivity contribution in [2.45, 2.75) is 77.9 Å². The minimum Gasteiger partial charge on any atom is -0.392 e. The number of benzene rings is 1. The minimum absolute atomic E-state index is 0.0163. The summed E-state index contributed by atoms with van der Waals surface area (Å²) in [6, 6.07) is 6.37. The van der Waals surface area contributed by atoms with Crippen molar-refractivity contribution in [1.29, 1.82) is 0 Å². The molecule has 0 aromatic heterocycles. The molecule has 0 aliphatic carbocycles. The highest BCUT2D eigenvalue weighted by atomic mass is 16.3. The Bertz CT molecular complexity index is 555. The normalized spacial score (nSPS) is 20.1. The monoisotopic (exact) mass is 346 g/mol. The van der Waals surface area contributed by atoms with E-state index < -0.39 is 6.10 Å². The third-order valence-electron chi connectivity index (χ3n) is 5.21. The first kappa shape index (κ1) is 19.9. The minimum atomic E-state index is -0.401. The summed E-state index contributed by atoms with van der Waals surface area (Å²) in [5.74, 6) is 0.728. The Morgan fingerprint density at radius 3 is 2.28 bits per heavy atom. The van der Waals surface area contributed by atoms with Crippen LogP contribution in [-0.2, 0) is 4.79 Å². The summed E-state index contributed by atoms with van der Waals surface area (Å²) in [5, 5.41) is 13.2. The summed E-state index contributed by atoms with van der Waals surface area (Å²) in [5.41, 5.74) is 3.35. The molecular weight excluding hydrogens is 312 g/mol. The summed E-state index contributed by atoms with van der Waals surface area (Å²) >= 11 is 0. The number of rotatable bonds is 6. The number of amides is 1. The fourth-order valence-corrected chi connectivity index (χ4v) is 3.82. The Kier molecular flexibility index (Phi) is 7.03. The van der Waals surface area contributed by atoms with Gasteiger partial charge in [0.25, 0.3) is 0 Å². The predicted octanol–water partition coefficient (Wildman–Crippen LogP) is 4.11. The maximum Gasteiger partial charge on any atom is 0.238 e. The number of hydrogen-bond acceptors (Lipinski definition) is 3. The summed E-state index contributed by atoms with van der Waals surface area (Å²) in [4.78, 5) is 14.9. The van der Waals surface area contributed by atoms with Gasteiger partial charge in [-0.1, -0.05) is 52.3 Å². The molecule has 1 aliphatic heterocycles. The first-order chi connectivity index (χ1) is 11.8. The molecule has 4 heteroatoms. The van der Waals surface area contributed by atoms with Crippen LogP contribution in [-0.4, -0.2) is 41.1 Å². The van der Waals surface area contributed by atoms with E-state index in [2.05, 4.69) is 56.1 Å². The fraction of sp³-hybridized carbons (Fsp3) is 0.667. The zero-order valence-electron chi connectivity index (χ0n) is 16.4. The van der Waals surface area contributed by atoms with Gasteiger partial charge in [0, 0.05) is 11.7 Å². The maximum atomic E-state index is 12.8. The third kappa shape index (κ3) is 5.05. The van der Waals surface area contributed by atoms with Crippen LogP contribution in [0, 0.1) is 0 Å². The van der Waals surface area contributed by atoms with Crippen molar-refractivity contribution in [3.63, 3.8) is 0 Å². The van der Waals surface area contributed by atoms with Crippen LogP contribution in [0.2, 0.25) is 0 Å². The average molecular weight is 347 g/mol. The Morgan fingerprint density at radius 2 is 1.76 bits per heavy atom. The molecule has 140 valence electrons. The van der Waals surface area contributed by atoms with Crippen LogP contribution in [0.4, 0.5) is 5.69 Å². The van der Waals surface area contributed by atoms with Gasteiger partial charge in [-0.2, -0.15) is 0 Å². The molecule has 2 N–H and O–H groups in total. The fourth-order valence-electron chi connectivity index (χ4n) is 3.82. The third-order valence-corrected chi connectivity index (χ3v) is 5.21. The van der Waals surface area contributed by atoms with Crippen LogP contribution < -0.4 is 5.32 Å². The van der Waals surface area contributed by atoms with E-state index in [1.807, 2.05) is 6.92 Å². The summed E-state index contributed by atoms with van der Waals surface area (Å²) in [7, 11) is 0. The van der Waals surface area contributed by atoms with Crippen LogP contribution in [0.15, 0.2) is 18.2 Å². The number of carbonyl (C=O) groups is 1. The lowest BCUT2D eigenvalue weighted by molar-refractivity contribution is -0.118. The molecule has 1 aliphatic rings. The van der Waals surface area contributed by atoms with Crippen molar-refractivity contribution in [1.82, 2.24) is 4.90 Å². The standard InChI is InChI=1S/C21H34N2O2/c1-14(2)17-9-8-10-18(15(3)4)21(17)22-20(25)13-23-12-7-6-11-19(23)16(5)24/h8-10,14-16,19,24H,6-7,11-13H2,1-5H3,(H,22,25). The Morgan fingerprint density at radius 1 is 1.16 bits per heavy atom. The van der Waals surface area contributed by atoms with E-state index in [-0.39, 0.29) is 11.9 Å². The SMILES string of the molecule is CC(C)c1cccc(C(C)C)c1NC(=O)CN1CCCCC1C(C)O. The molecule has 0 bridgehead atoms. The molecule has 25 heavy (non-hydrogen) atoms. The van der Waals surface area contributed by atoms with Crippen molar-refractivity contribution in [3.05, 3.63) is 29.3 Å². The number of para-hydroxylation sites is 1. The van der Waals surface area contributed by atoms with Crippen LogP contribution in [0.5, 0.6) is 0 Å². The Labute approximate surface area is 152 Å². The number of aliphatic hydroxyl groups excluding tert-OH is 1. The van der Waals surface area contributed by atoms with Gasteiger partial charge in [-0.15, -0.1) is 0 Å². The van der Waals surface area contributed by atoms with Gasteiger partial charge >= 0.3 is 0 Å². The zero-order valence-corrected chi connectivity index (χ0v) is 16.4. The van der Waals surface area contributed by atoms with E-state index in [9.17, 15) is 9.90 Å². The molecular formula is C21H34N2O2. The van der Waals surface area contributed by atoms with Crippen molar-refractivity contribution < 1.29 is 9.90 Å². The summed E-state index contributed by atoms with van der Waals surface area (Å²) in [6.07, 6.45) is 2.78. The number of carbonyl (C=O) groups excluding carboxylic acids is 1. The molecule has 1 saturated heterocycles. The quantitative estimate of drug-likeness (QED) is 0.815. The molecule has 2 unspecified atom stereocenters. The highest BCUT2D eigenvalue weighted by molar-refractivity contribution is 5.94. The number of hydrogen-bond donors (Lipinski definition) is 2. The van der Waals surface area contributed by atoms with Crippen LogP contribution in [0.1, 0.15) is 76.8 Å². The van der Waals surface area contributed by atoms with E-state index in [0.717, 1.165) is 31.5 Å². The Balaban J connectivity index is 2.17. The maximum absolute atomic E-state index is 12.8. The topological polar surface area (TPSA) is 52.6 Å². The van der Waals surface area contributed by atoms with Gasteiger partial charge in [0.15, 0.2) is 0 Å². The number of nitrogens with one attached hydrogen (secondary N) is 1. The molecule has 4 nitrogen and oxygen atoms in total. The molecule has 1 aromatic rings. The van der Waals surface area contributed by atoms with Gasteiger partial charge in [0.05, 0.1) is 12.6 Å². The lowest BCUT2D eigenvalue weighted by Crippen LogP contribution is -2.48. The first-order valence-corrected chi connectivity index (χ1v) is 9.66. The second-order valence-corrected chi connectivity index (χ2v) is 7.94. The lowest BCUT2D eigenvalue weighted by Gasteiger charge is -2.37. The van der Waals surface area contributed by atoms with Gasteiger partial charge in [-0.3, -0.25) is 9.69 Å². The van der Waals surface area contributed by atoms with Crippen molar-refractivity contribution in [3.8, 4) is 0 Å². The number of piperidine rings is 1. The molecule has 0 spiro atoms. The van der Waals surface area contributed by atoms with Crippen molar-refractivity contribution >= 4 is 11.6 Å². The lowest BCUT2D eigenvalue weighted by atomic mass is 9.92.